The highest BCUT2D eigenvalue weighted by Crippen LogP contribution is 2.51. The lowest BCUT2D eigenvalue weighted by atomic mass is 9.64. The quantitative estimate of drug-likeness (QED) is 0.835. The van der Waals surface area contributed by atoms with E-state index < -0.39 is 0 Å². The molecule has 2 fully saturated rings. The minimum Gasteiger partial charge on any atom is -0.351 e. The van der Waals surface area contributed by atoms with Gasteiger partial charge in [-0.05, 0) is 25.7 Å². The summed E-state index contributed by atoms with van der Waals surface area (Å²) in [5, 5.41) is 8.78. The van der Waals surface area contributed by atoms with Crippen LogP contribution in [-0.2, 0) is 5.54 Å². The summed E-state index contributed by atoms with van der Waals surface area (Å²) in [5.74, 6) is 2.62. The van der Waals surface area contributed by atoms with Crippen molar-refractivity contribution in [1.29, 1.82) is 0 Å². The SMILES string of the molecule is c1ccc(-c2nc3n(n2)C2(CCCCC2)C2CCCCC2N3)cc1. The van der Waals surface area contributed by atoms with Crippen LogP contribution in [0.25, 0.3) is 11.4 Å². The van der Waals surface area contributed by atoms with Gasteiger partial charge < -0.3 is 5.32 Å². The van der Waals surface area contributed by atoms with Gasteiger partial charge in [-0.3, -0.25) is 0 Å². The molecule has 4 nitrogen and oxygen atoms in total. The van der Waals surface area contributed by atoms with E-state index in [9.17, 15) is 0 Å². The molecule has 2 heterocycles. The number of hydrogen-bond donors (Lipinski definition) is 1. The first-order valence-electron chi connectivity index (χ1n) is 9.66. The molecule has 2 aromatic rings. The zero-order valence-electron chi connectivity index (χ0n) is 14.2. The van der Waals surface area contributed by atoms with Gasteiger partial charge in [0.2, 0.25) is 5.95 Å². The molecule has 1 aromatic carbocycles. The highest BCUT2D eigenvalue weighted by molar-refractivity contribution is 5.56. The lowest BCUT2D eigenvalue weighted by Gasteiger charge is -2.52. The smallest absolute Gasteiger partial charge is 0.222 e. The van der Waals surface area contributed by atoms with E-state index in [1.54, 1.807) is 0 Å². The highest BCUT2D eigenvalue weighted by atomic mass is 15.5. The number of rotatable bonds is 1. The van der Waals surface area contributed by atoms with E-state index >= 15 is 0 Å². The van der Waals surface area contributed by atoms with Crippen molar-refractivity contribution in [2.24, 2.45) is 5.92 Å². The molecular weight excluding hydrogens is 296 g/mol. The van der Waals surface area contributed by atoms with Gasteiger partial charge in [-0.2, -0.15) is 4.98 Å². The fourth-order valence-electron chi connectivity index (χ4n) is 5.44. The Balaban J connectivity index is 1.63. The average molecular weight is 322 g/mol. The average Bonchev–Trinajstić information content (AvgIpc) is 3.09. The fraction of sp³-hybridized carbons (Fsp3) is 0.600. The van der Waals surface area contributed by atoms with Crippen LogP contribution in [0.4, 0.5) is 5.95 Å². The van der Waals surface area contributed by atoms with E-state index in [-0.39, 0.29) is 5.54 Å². The maximum absolute atomic E-state index is 5.03. The van der Waals surface area contributed by atoms with E-state index in [1.165, 1.54) is 57.8 Å². The summed E-state index contributed by atoms with van der Waals surface area (Å²) in [5.41, 5.74) is 1.33. The summed E-state index contributed by atoms with van der Waals surface area (Å²) in [6.07, 6.45) is 12.0. The molecule has 1 aliphatic heterocycles. The number of hydrogen-bond acceptors (Lipinski definition) is 3. The monoisotopic (exact) mass is 322 g/mol. The van der Waals surface area contributed by atoms with Gasteiger partial charge in [0.1, 0.15) is 0 Å². The van der Waals surface area contributed by atoms with Crippen LogP contribution in [0.1, 0.15) is 57.8 Å². The third-order valence-electron chi connectivity index (χ3n) is 6.55. The van der Waals surface area contributed by atoms with Crippen molar-refractivity contribution in [3.63, 3.8) is 0 Å². The molecule has 0 saturated heterocycles. The highest BCUT2D eigenvalue weighted by Gasteiger charge is 2.51. The van der Waals surface area contributed by atoms with Crippen molar-refractivity contribution in [2.45, 2.75) is 69.4 Å². The summed E-state index contributed by atoms with van der Waals surface area (Å²) >= 11 is 0. The zero-order valence-corrected chi connectivity index (χ0v) is 14.2. The Morgan fingerprint density at radius 3 is 2.58 bits per heavy atom. The van der Waals surface area contributed by atoms with Crippen molar-refractivity contribution >= 4 is 5.95 Å². The molecule has 2 unspecified atom stereocenters. The summed E-state index contributed by atoms with van der Waals surface area (Å²) in [6.45, 7) is 0. The minimum absolute atomic E-state index is 0.212. The lowest BCUT2D eigenvalue weighted by Crippen LogP contribution is -2.55. The van der Waals surface area contributed by atoms with Gasteiger partial charge in [-0.1, -0.05) is 62.4 Å². The number of anilines is 1. The van der Waals surface area contributed by atoms with Crippen molar-refractivity contribution < 1.29 is 0 Å². The number of aromatic nitrogens is 3. The third-order valence-corrected chi connectivity index (χ3v) is 6.55. The first-order chi connectivity index (χ1) is 11.9. The van der Waals surface area contributed by atoms with Crippen LogP contribution in [0.5, 0.6) is 0 Å². The molecule has 126 valence electrons. The van der Waals surface area contributed by atoms with Gasteiger partial charge in [0, 0.05) is 17.5 Å². The molecule has 1 spiro atoms. The summed E-state index contributed by atoms with van der Waals surface area (Å²) in [7, 11) is 0. The first kappa shape index (κ1) is 14.5. The predicted molar refractivity (Wildman–Crippen MR) is 95.9 cm³/mol. The van der Waals surface area contributed by atoms with Gasteiger partial charge in [-0.15, -0.1) is 5.10 Å². The molecule has 2 atom stereocenters. The number of benzene rings is 1. The van der Waals surface area contributed by atoms with E-state index in [1.807, 2.05) is 0 Å². The van der Waals surface area contributed by atoms with Gasteiger partial charge in [0.25, 0.3) is 0 Å². The molecule has 3 aliphatic rings. The van der Waals surface area contributed by atoms with Gasteiger partial charge in [0.05, 0.1) is 5.54 Å². The van der Waals surface area contributed by atoms with Gasteiger partial charge >= 0.3 is 0 Å². The molecule has 2 saturated carbocycles. The number of nitrogens with one attached hydrogen (secondary N) is 1. The molecule has 1 aromatic heterocycles. The maximum Gasteiger partial charge on any atom is 0.222 e. The summed E-state index contributed by atoms with van der Waals surface area (Å²) in [4.78, 5) is 4.90. The molecule has 24 heavy (non-hydrogen) atoms. The Morgan fingerprint density at radius 1 is 0.958 bits per heavy atom. The van der Waals surface area contributed by atoms with Crippen LogP contribution in [0.3, 0.4) is 0 Å². The Labute approximate surface area is 143 Å². The van der Waals surface area contributed by atoms with E-state index in [0.717, 1.165) is 23.3 Å². The number of nitrogens with zero attached hydrogens (tertiary/aromatic N) is 3. The normalized spacial score (nSPS) is 28.0. The molecule has 0 bridgehead atoms. The van der Waals surface area contributed by atoms with Crippen LogP contribution < -0.4 is 5.32 Å². The standard InChI is InChI=1S/C20H26N4/c1-3-9-15(10-4-1)18-22-19-21-17-12-6-5-11-16(17)20(24(19)23-18)13-7-2-8-14-20/h1,3-4,9-10,16-17H,2,5-8,11-14H2,(H,21,22,23). The molecule has 0 amide bonds. The molecular formula is C20H26N4. The van der Waals surface area contributed by atoms with Crippen LogP contribution in [0, 0.1) is 5.92 Å². The molecule has 5 rings (SSSR count). The van der Waals surface area contributed by atoms with Crippen LogP contribution in [0.15, 0.2) is 30.3 Å². The summed E-state index contributed by atoms with van der Waals surface area (Å²) in [6, 6.07) is 11.0. The third kappa shape index (κ3) is 2.11. The van der Waals surface area contributed by atoms with Crippen molar-refractivity contribution in [1.82, 2.24) is 14.8 Å². The zero-order chi connectivity index (χ0) is 16.0. The topological polar surface area (TPSA) is 42.7 Å². The molecule has 1 N–H and O–H groups in total. The fourth-order valence-corrected chi connectivity index (χ4v) is 5.44. The van der Waals surface area contributed by atoms with E-state index in [2.05, 4.69) is 40.3 Å². The van der Waals surface area contributed by atoms with Crippen LogP contribution in [0.2, 0.25) is 0 Å². The number of fused-ring (bicyclic) bond motifs is 4. The molecule has 0 radical (unpaired) electrons. The van der Waals surface area contributed by atoms with Crippen molar-refractivity contribution in [3.8, 4) is 11.4 Å². The second-order valence-corrected chi connectivity index (χ2v) is 7.84. The molecule has 2 aliphatic carbocycles. The second kappa shape index (κ2) is 5.61. The second-order valence-electron chi connectivity index (χ2n) is 7.84. The largest absolute Gasteiger partial charge is 0.351 e. The van der Waals surface area contributed by atoms with Crippen molar-refractivity contribution in [2.75, 3.05) is 5.32 Å². The van der Waals surface area contributed by atoms with E-state index in [0.29, 0.717) is 6.04 Å². The maximum atomic E-state index is 5.03. The Kier molecular flexibility index (Phi) is 3.39. The lowest BCUT2D eigenvalue weighted by molar-refractivity contribution is 0.0455. The van der Waals surface area contributed by atoms with Gasteiger partial charge in [-0.25, -0.2) is 4.68 Å². The minimum atomic E-state index is 0.212. The van der Waals surface area contributed by atoms with Crippen LogP contribution in [-0.4, -0.2) is 20.8 Å². The Morgan fingerprint density at radius 2 is 1.75 bits per heavy atom. The molecule has 4 heteroatoms. The Hall–Kier alpha value is -1.84. The summed E-state index contributed by atoms with van der Waals surface area (Å²) < 4.78 is 2.31. The van der Waals surface area contributed by atoms with Gasteiger partial charge in [0.15, 0.2) is 5.82 Å². The van der Waals surface area contributed by atoms with Crippen molar-refractivity contribution in [3.05, 3.63) is 30.3 Å². The Bertz CT molecular complexity index is 714. The van der Waals surface area contributed by atoms with E-state index in [4.69, 9.17) is 10.1 Å². The predicted octanol–water partition coefficient (Wildman–Crippen LogP) is 4.59. The first-order valence-corrected chi connectivity index (χ1v) is 9.66. The van der Waals surface area contributed by atoms with Crippen LogP contribution >= 0.6 is 0 Å².